The number of aryl methyl sites for hydroxylation is 1. The molecule has 0 bridgehead atoms. The molecule has 0 aliphatic carbocycles. The monoisotopic (exact) mass is 282 g/mol. The van der Waals surface area contributed by atoms with E-state index >= 15 is 0 Å². The van der Waals surface area contributed by atoms with Crippen molar-refractivity contribution in [2.24, 2.45) is 0 Å². The first-order chi connectivity index (χ1) is 9.35. The fraction of sp³-hybridized carbons (Fsp3) is 0.429. The summed E-state index contributed by atoms with van der Waals surface area (Å²) in [7, 11) is 1.45. The lowest BCUT2D eigenvalue weighted by Crippen LogP contribution is -2.18. The van der Waals surface area contributed by atoms with Gasteiger partial charge in [0.25, 0.3) is 0 Å². The summed E-state index contributed by atoms with van der Waals surface area (Å²) in [5.74, 6) is -1.03. The highest BCUT2D eigenvalue weighted by Gasteiger charge is 2.18. The van der Waals surface area contributed by atoms with Gasteiger partial charge < -0.3 is 19.7 Å². The second-order valence-corrected chi connectivity index (χ2v) is 4.51. The predicted octanol–water partition coefficient (Wildman–Crippen LogP) is 1.21. The van der Waals surface area contributed by atoms with Crippen molar-refractivity contribution in [3.05, 3.63) is 23.3 Å². The Morgan fingerprint density at radius 3 is 2.50 bits per heavy atom. The van der Waals surface area contributed by atoms with Gasteiger partial charge in [0.05, 0.1) is 13.2 Å². The number of methoxy groups -OCH3 is 1. The van der Waals surface area contributed by atoms with Crippen molar-refractivity contribution in [2.75, 3.05) is 13.7 Å². The molecule has 110 valence electrons. The number of aromatic hydroxyl groups is 1. The summed E-state index contributed by atoms with van der Waals surface area (Å²) in [4.78, 5) is 23.2. The van der Waals surface area contributed by atoms with Gasteiger partial charge in [-0.2, -0.15) is 0 Å². The van der Waals surface area contributed by atoms with Crippen molar-refractivity contribution in [1.82, 2.24) is 0 Å². The first-order valence-corrected chi connectivity index (χ1v) is 6.09. The third kappa shape index (κ3) is 4.24. The van der Waals surface area contributed by atoms with E-state index in [1.807, 2.05) is 0 Å². The molecule has 0 saturated carbocycles. The molecule has 0 aliphatic heterocycles. The summed E-state index contributed by atoms with van der Waals surface area (Å²) >= 11 is 0. The molecule has 0 unspecified atom stereocenters. The van der Waals surface area contributed by atoms with Crippen molar-refractivity contribution >= 4 is 11.8 Å². The number of hydrogen-bond donors (Lipinski definition) is 2. The number of phenolic OH excluding ortho intramolecular Hbond substituents is 1. The zero-order valence-electron chi connectivity index (χ0n) is 11.7. The average Bonchev–Trinajstić information content (AvgIpc) is 2.34. The number of hydrogen-bond acceptors (Lipinski definition) is 6. The van der Waals surface area contributed by atoms with Gasteiger partial charge in [-0.05, 0) is 25.5 Å². The maximum atomic E-state index is 11.8. The van der Waals surface area contributed by atoms with E-state index in [4.69, 9.17) is 14.6 Å². The number of benzene rings is 1. The Morgan fingerprint density at radius 2 is 2.00 bits per heavy atom. The molecule has 0 fully saturated rings. The van der Waals surface area contributed by atoms with E-state index in [9.17, 15) is 14.7 Å². The van der Waals surface area contributed by atoms with Gasteiger partial charge in [-0.25, -0.2) is 4.79 Å². The number of rotatable bonds is 6. The molecule has 1 aromatic carbocycles. The summed E-state index contributed by atoms with van der Waals surface area (Å²) in [6.45, 7) is 2.66. The minimum atomic E-state index is -0.790. The number of aliphatic hydroxyl groups is 1. The van der Waals surface area contributed by atoms with Crippen LogP contribution < -0.4 is 4.74 Å². The van der Waals surface area contributed by atoms with E-state index in [0.29, 0.717) is 11.3 Å². The summed E-state index contributed by atoms with van der Waals surface area (Å²) < 4.78 is 9.78. The lowest BCUT2D eigenvalue weighted by atomic mass is 10.1. The van der Waals surface area contributed by atoms with Gasteiger partial charge in [0, 0.05) is 12.5 Å². The Hall–Kier alpha value is -2.08. The topological polar surface area (TPSA) is 93.1 Å². The number of phenols is 1. The molecule has 0 aromatic heterocycles. The van der Waals surface area contributed by atoms with Crippen LogP contribution in [-0.2, 0) is 9.53 Å². The average molecular weight is 282 g/mol. The molecule has 0 amide bonds. The number of ether oxygens (including phenoxy) is 2. The van der Waals surface area contributed by atoms with Gasteiger partial charge in [-0.1, -0.05) is 0 Å². The normalized spacial score (nSPS) is 11.8. The van der Waals surface area contributed by atoms with Crippen molar-refractivity contribution in [2.45, 2.75) is 26.4 Å². The predicted molar refractivity (Wildman–Crippen MR) is 71.0 cm³/mol. The molecule has 0 heterocycles. The third-order valence-electron chi connectivity index (χ3n) is 2.62. The molecule has 6 nitrogen and oxygen atoms in total. The van der Waals surface area contributed by atoms with E-state index in [1.165, 1.54) is 20.1 Å². The van der Waals surface area contributed by atoms with Gasteiger partial charge in [-0.15, -0.1) is 0 Å². The molecule has 1 aromatic rings. The number of carbonyl (C=O) groups excluding carboxylic acids is 2. The largest absolute Gasteiger partial charge is 0.507 e. The molecule has 0 spiro atoms. The summed E-state index contributed by atoms with van der Waals surface area (Å²) in [5, 5.41) is 18.8. The third-order valence-corrected chi connectivity index (χ3v) is 2.62. The van der Waals surface area contributed by atoms with Crippen LogP contribution in [0.1, 0.15) is 29.3 Å². The van der Waals surface area contributed by atoms with Crippen molar-refractivity contribution in [3.8, 4) is 11.5 Å². The Kier molecular flexibility index (Phi) is 5.52. The van der Waals surface area contributed by atoms with Crippen LogP contribution in [0.4, 0.5) is 0 Å². The van der Waals surface area contributed by atoms with Gasteiger partial charge in [-0.3, -0.25) is 4.79 Å². The summed E-state index contributed by atoms with van der Waals surface area (Å²) in [6, 6.07) is 2.87. The maximum Gasteiger partial charge on any atom is 0.342 e. The number of carbonyl (C=O) groups is 2. The van der Waals surface area contributed by atoms with Crippen LogP contribution >= 0.6 is 0 Å². The first kappa shape index (κ1) is 16.0. The van der Waals surface area contributed by atoms with Crippen molar-refractivity contribution in [1.29, 1.82) is 0 Å². The standard InChI is InChI=1S/C14H18O6/c1-8-4-11(19-3)6-12(17)13(8)14(18)20-7-10(16)5-9(2)15/h4,6,9,15,17H,5,7H2,1-3H3/t9-/m0/s1. The molecule has 2 N–H and O–H groups in total. The highest BCUT2D eigenvalue weighted by Crippen LogP contribution is 2.27. The zero-order chi connectivity index (χ0) is 15.3. The maximum absolute atomic E-state index is 11.8. The van der Waals surface area contributed by atoms with E-state index in [0.717, 1.165) is 0 Å². The number of ketones is 1. The summed E-state index contributed by atoms with van der Waals surface area (Å²) in [6.07, 6.45) is -0.863. The van der Waals surface area contributed by atoms with E-state index < -0.39 is 18.7 Å². The zero-order valence-corrected chi connectivity index (χ0v) is 11.7. The molecule has 6 heteroatoms. The second-order valence-electron chi connectivity index (χ2n) is 4.51. The Labute approximate surface area is 116 Å². The fourth-order valence-corrected chi connectivity index (χ4v) is 1.73. The first-order valence-electron chi connectivity index (χ1n) is 6.09. The minimum Gasteiger partial charge on any atom is -0.507 e. The highest BCUT2D eigenvalue weighted by molar-refractivity contribution is 5.95. The quantitative estimate of drug-likeness (QED) is 0.762. The van der Waals surface area contributed by atoms with E-state index in [2.05, 4.69) is 0 Å². The van der Waals surface area contributed by atoms with Crippen LogP contribution in [0.5, 0.6) is 11.5 Å². The van der Waals surface area contributed by atoms with Crippen LogP contribution in [0.3, 0.4) is 0 Å². The lowest BCUT2D eigenvalue weighted by Gasteiger charge is -2.10. The lowest BCUT2D eigenvalue weighted by molar-refractivity contribution is -0.123. The highest BCUT2D eigenvalue weighted by atomic mass is 16.5. The molecule has 0 aliphatic rings. The Morgan fingerprint density at radius 1 is 1.35 bits per heavy atom. The molecule has 1 atom stereocenters. The van der Waals surface area contributed by atoms with Gasteiger partial charge >= 0.3 is 5.97 Å². The van der Waals surface area contributed by atoms with Crippen molar-refractivity contribution in [3.63, 3.8) is 0 Å². The second kappa shape index (κ2) is 6.91. The molecular formula is C14H18O6. The number of esters is 1. The molecule has 0 saturated heterocycles. The Balaban J connectivity index is 2.76. The van der Waals surface area contributed by atoms with Gasteiger partial charge in [0.2, 0.25) is 0 Å². The molecular weight excluding hydrogens is 264 g/mol. The van der Waals surface area contributed by atoms with Crippen LogP contribution in [0.2, 0.25) is 0 Å². The van der Waals surface area contributed by atoms with Crippen LogP contribution in [0.15, 0.2) is 12.1 Å². The Bertz CT molecular complexity index is 483. The van der Waals surface area contributed by atoms with Crippen molar-refractivity contribution < 1.29 is 29.3 Å². The molecule has 0 radical (unpaired) electrons. The van der Waals surface area contributed by atoms with Crippen LogP contribution in [0, 0.1) is 6.92 Å². The smallest absolute Gasteiger partial charge is 0.342 e. The number of aliphatic hydroxyl groups excluding tert-OH is 1. The SMILES string of the molecule is COc1cc(C)c(C(=O)OCC(=O)C[C@H](C)O)c(O)c1. The van der Waals surface area contributed by atoms with Crippen LogP contribution in [0.25, 0.3) is 0 Å². The van der Waals surface area contributed by atoms with Crippen LogP contribution in [-0.4, -0.2) is 41.8 Å². The van der Waals surface area contributed by atoms with Gasteiger partial charge in [0.1, 0.15) is 23.7 Å². The number of Topliss-reactive ketones (excluding diaryl/α,β-unsaturated/α-hetero) is 1. The fourth-order valence-electron chi connectivity index (χ4n) is 1.73. The minimum absolute atomic E-state index is 0.00403. The van der Waals surface area contributed by atoms with E-state index in [-0.39, 0.29) is 23.5 Å². The van der Waals surface area contributed by atoms with Gasteiger partial charge in [0.15, 0.2) is 5.78 Å². The summed E-state index contributed by atoms with van der Waals surface area (Å²) in [5.41, 5.74) is 0.477. The molecule has 20 heavy (non-hydrogen) atoms. The van der Waals surface area contributed by atoms with E-state index in [1.54, 1.807) is 13.0 Å². The molecule has 1 rings (SSSR count).